The van der Waals surface area contributed by atoms with Gasteiger partial charge in [0, 0.05) is 6.08 Å². The van der Waals surface area contributed by atoms with Gasteiger partial charge in [0.25, 0.3) is 0 Å². The second kappa shape index (κ2) is 6.46. The number of carbonyl (C=O) groups is 1. The average Bonchev–Trinajstić information content (AvgIpc) is 2.53. The lowest BCUT2D eigenvalue weighted by Gasteiger charge is -2.09. The second-order valence-electron chi connectivity index (χ2n) is 4.83. The van der Waals surface area contributed by atoms with Crippen molar-refractivity contribution in [1.82, 2.24) is 0 Å². The highest BCUT2D eigenvalue weighted by atomic mass is 35.5. The summed E-state index contributed by atoms with van der Waals surface area (Å²) in [4.78, 5) is 9.25. The van der Waals surface area contributed by atoms with Crippen LogP contribution < -0.4 is 0 Å². The molecule has 0 aliphatic rings. The third-order valence-electron chi connectivity index (χ3n) is 3.57. The Kier molecular flexibility index (Phi) is 4.64. The summed E-state index contributed by atoms with van der Waals surface area (Å²) in [6, 6.07) is 21.9. The van der Waals surface area contributed by atoms with E-state index < -0.39 is 5.97 Å². The Balaban J connectivity index is 0.000000261. The number of rotatable bonds is 1. The first-order valence-corrected chi connectivity index (χ1v) is 6.68. The highest BCUT2D eigenvalue weighted by Gasteiger charge is 2.05. The molecular weight excluding hydrogens is 296 g/mol. The summed E-state index contributed by atoms with van der Waals surface area (Å²) in [6.45, 7) is 2.96. The number of hydrogen-bond acceptors (Lipinski definition) is 1. The standard InChI is InChI=1S/C16H10.C3H4O2.ClH/c1-3-11-7-9-13-5-2-6-14-10-8-12(4-1)15(11)16(13)14;1-2-3(4)5;/h1-10H;2H,1H2,(H,4,5);1H. The molecule has 0 radical (unpaired) electrons. The summed E-state index contributed by atoms with van der Waals surface area (Å²) in [6.07, 6.45) is 0.833. The van der Waals surface area contributed by atoms with Crippen molar-refractivity contribution in [3.63, 3.8) is 0 Å². The molecule has 22 heavy (non-hydrogen) atoms. The van der Waals surface area contributed by atoms with Gasteiger partial charge in [-0.05, 0) is 32.3 Å². The maximum atomic E-state index is 9.25. The molecule has 0 heterocycles. The number of carboxylic acids is 1. The van der Waals surface area contributed by atoms with Gasteiger partial charge in [-0.25, -0.2) is 4.79 Å². The van der Waals surface area contributed by atoms with Crippen LogP contribution in [-0.2, 0) is 4.79 Å². The van der Waals surface area contributed by atoms with E-state index in [1.165, 1.54) is 32.3 Å². The van der Waals surface area contributed by atoms with Crippen molar-refractivity contribution in [3.05, 3.63) is 73.3 Å². The van der Waals surface area contributed by atoms with E-state index in [0.29, 0.717) is 0 Å². The number of halogens is 1. The van der Waals surface area contributed by atoms with E-state index in [4.69, 9.17) is 5.11 Å². The first kappa shape index (κ1) is 15.8. The van der Waals surface area contributed by atoms with Crippen molar-refractivity contribution in [2.45, 2.75) is 0 Å². The zero-order valence-corrected chi connectivity index (χ0v) is 12.6. The van der Waals surface area contributed by atoms with Crippen LogP contribution in [0.15, 0.2) is 73.3 Å². The third kappa shape index (κ3) is 2.74. The Labute approximate surface area is 134 Å². The predicted octanol–water partition coefficient (Wildman–Crippen LogP) is 5.26. The fourth-order valence-corrected chi connectivity index (χ4v) is 2.67. The van der Waals surface area contributed by atoms with Crippen molar-refractivity contribution >= 4 is 50.7 Å². The summed E-state index contributed by atoms with van der Waals surface area (Å²) in [7, 11) is 0. The molecule has 0 fully saturated rings. The molecule has 0 aliphatic heterocycles. The lowest BCUT2D eigenvalue weighted by Crippen LogP contribution is -1.82. The first-order valence-electron chi connectivity index (χ1n) is 6.68. The Hall–Kier alpha value is -2.58. The van der Waals surface area contributed by atoms with E-state index in [9.17, 15) is 4.79 Å². The maximum Gasteiger partial charge on any atom is 0.327 e. The normalized spacial score (nSPS) is 10.0. The minimum atomic E-state index is -0.981. The van der Waals surface area contributed by atoms with Gasteiger partial charge in [-0.1, -0.05) is 67.2 Å². The smallest absolute Gasteiger partial charge is 0.327 e. The summed E-state index contributed by atoms with van der Waals surface area (Å²) < 4.78 is 0. The fraction of sp³-hybridized carbons (Fsp3) is 0. The summed E-state index contributed by atoms with van der Waals surface area (Å²) in [5.74, 6) is -0.981. The lowest BCUT2D eigenvalue weighted by atomic mass is 9.95. The Morgan fingerprint density at radius 2 is 1.05 bits per heavy atom. The topological polar surface area (TPSA) is 37.3 Å². The first-order chi connectivity index (χ1) is 10.2. The van der Waals surface area contributed by atoms with Crippen LogP contribution in [0.25, 0.3) is 32.3 Å². The van der Waals surface area contributed by atoms with Gasteiger partial charge in [-0.15, -0.1) is 12.4 Å². The molecule has 4 aromatic rings. The molecule has 0 saturated heterocycles. The molecule has 0 spiro atoms. The maximum absolute atomic E-state index is 9.25. The molecule has 4 aromatic carbocycles. The number of aliphatic carboxylic acids is 1. The quantitative estimate of drug-likeness (QED) is 0.384. The molecule has 110 valence electrons. The SMILES string of the molecule is C=CC(=O)O.Cl.c1cc2ccc3cccc4ccc(c1)c2c34. The molecule has 0 unspecified atom stereocenters. The van der Waals surface area contributed by atoms with E-state index in [1.54, 1.807) is 0 Å². The van der Waals surface area contributed by atoms with Gasteiger partial charge in [-0.2, -0.15) is 0 Å². The minimum Gasteiger partial charge on any atom is -0.478 e. The van der Waals surface area contributed by atoms with E-state index in [0.717, 1.165) is 6.08 Å². The fourth-order valence-electron chi connectivity index (χ4n) is 2.67. The molecule has 0 aliphatic carbocycles. The average molecular weight is 311 g/mol. The van der Waals surface area contributed by atoms with Crippen molar-refractivity contribution in [2.24, 2.45) is 0 Å². The van der Waals surface area contributed by atoms with Gasteiger partial charge in [0.15, 0.2) is 0 Å². The number of carboxylic acid groups (broad SMARTS) is 1. The van der Waals surface area contributed by atoms with E-state index in [1.807, 2.05) is 0 Å². The van der Waals surface area contributed by atoms with Crippen LogP contribution in [0.5, 0.6) is 0 Å². The Morgan fingerprint density at radius 1 is 0.773 bits per heavy atom. The monoisotopic (exact) mass is 310 g/mol. The van der Waals surface area contributed by atoms with Gasteiger partial charge in [0.2, 0.25) is 0 Å². The van der Waals surface area contributed by atoms with Gasteiger partial charge in [0.05, 0.1) is 0 Å². The highest BCUT2D eigenvalue weighted by molar-refractivity contribution is 6.22. The van der Waals surface area contributed by atoms with Crippen LogP contribution in [0.1, 0.15) is 0 Å². The van der Waals surface area contributed by atoms with Gasteiger partial charge >= 0.3 is 5.97 Å². The minimum absolute atomic E-state index is 0. The molecule has 4 rings (SSSR count). The van der Waals surface area contributed by atoms with Crippen LogP contribution >= 0.6 is 12.4 Å². The molecule has 0 aromatic heterocycles. The molecule has 3 heteroatoms. The van der Waals surface area contributed by atoms with Crippen LogP contribution in [0.3, 0.4) is 0 Å². The zero-order valence-electron chi connectivity index (χ0n) is 11.8. The van der Waals surface area contributed by atoms with E-state index in [-0.39, 0.29) is 12.4 Å². The second-order valence-corrected chi connectivity index (χ2v) is 4.83. The van der Waals surface area contributed by atoms with Crippen molar-refractivity contribution in [2.75, 3.05) is 0 Å². The summed E-state index contributed by atoms with van der Waals surface area (Å²) >= 11 is 0. The Morgan fingerprint density at radius 3 is 1.27 bits per heavy atom. The third-order valence-corrected chi connectivity index (χ3v) is 3.57. The van der Waals surface area contributed by atoms with Crippen LogP contribution in [-0.4, -0.2) is 11.1 Å². The number of benzene rings is 4. The zero-order chi connectivity index (χ0) is 14.8. The summed E-state index contributed by atoms with van der Waals surface area (Å²) in [5, 5.41) is 15.7. The molecule has 0 atom stereocenters. The van der Waals surface area contributed by atoms with Gasteiger partial charge in [-0.3, -0.25) is 0 Å². The lowest BCUT2D eigenvalue weighted by molar-refractivity contribution is -0.131. The largest absolute Gasteiger partial charge is 0.478 e. The van der Waals surface area contributed by atoms with E-state index >= 15 is 0 Å². The van der Waals surface area contributed by atoms with Crippen molar-refractivity contribution in [1.29, 1.82) is 0 Å². The van der Waals surface area contributed by atoms with Gasteiger partial charge < -0.3 is 5.11 Å². The van der Waals surface area contributed by atoms with Crippen LogP contribution in [0.2, 0.25) is 0 Å². The molecule has 0 bridgehead atoms. The molecule has 1 N–H and O–H groups in total. The van der Waals surface area contributed by atoms with Crippen LogP contribution in [0.4, 0.5) is 0 Å². The number of hydrogen-bond donors (Lipinski definition) is 1. The predicted molar refractivity (Wildman–Crippen MR) is 95.2 cm³/mol. The molecule has 0 amide bonds. The summed E-state index contributed by atoms with van der Waals surface area (Å²) in [5.41, 5.74) is 0. The van der Waals surface area contributed by atoms with E-state index in [2.05, 4.69) is 67.2 Å². The highest BCUT2D eigenvalue weighted by Crippen LogP contribution is 2.33. The molecule has 2 nitrogen and oxygen atoms in total. The van der Waals surface area contributed by atoms with Gasteiger partial charge in [0.1, 0.15) is 0 Å². The molecule has 0 saturated carbocycles. The van der Waals surface area contributed by atoms with Crippen molar-refractivity contribution < 1.29 is 9.90 Å². The molecular formula is C19H15ClO2. The van der Waals surface area contributed by atoms with Crippen LogP contribution in [0, 0.1) is 0 Å². The van der Waals surface area contributed by atoms with Crippen molar-refractivity contribution in [3.8, 4) is 0 Å². The Bertz CT molecular complexity index is 814.